The van der Waals surface area contributed by atoms with Gasteiger partial charge in [-0.25, -0.2) is 0 Å². The summed E-state index contributed by atoms with van der Waals surface area (Å²) in [6.45, 7) is 0. The van der Waals surface area contributed by atoms with Gasteiger partial charge in [0.25, 0.3) is 20.2 Å². The number of hydrogen-bond donors (Lipinski definition) is 2. The fourth-order valence-electron chi connectivity index (χ4n) is 2.43. The van der Waals surface area contributed by atoms with Crippen molar-refractivity contribution >= 4 is 83.2 Å². The molecule has 126 valence electrons. The Kier molecular flexibility index (Phi) is 5.55. The second-order valence-electron chi connectivity index (χ2n) is 5.02. The van der Waals surface area contributed by atoms with Crippen LogP contribution in [0.1, 0.15) is 31.8 Å². The molecule has 2 aromatic rings. The Morgan fingerprint density at radius 1 is 0.600 bits per heavy atom. The van der Waals surface area contributed by atoms with Crippen LogP contribution in [-0.2, 0) is 20.2 Å². The molecule has 0 bridgehead atoms. The normalized spacial score (nSPS) is 13.7. The van der Waals surface area contributed by atoms with Gasteiger partial charge in [-0.3, -0.25) is 18.7 Å². The summed E-state index contributed by atoms with van der Waals surface area (Å²) in [6, 6.07) is 5.78. The van der Waals surface area contributed by atoms with E-state index in [1.54, 1.807) is 0 Å². The Morgan fingerprint density at radius 3 is 1.20 bits per heavy atom. The molecule has 2 N–H and O–H groups in total. The van der Waals surface area contributed by atoms with E-state index in [0.717, 1.165) is 36.4 Å². The van der Waals surface area contributed by atoms with Crippen LogP contribution in [0.3, 0.4) is 0 Å². The van der Waals surface area contributed by atoms with Crippen LogP contribution in [0, 0.1) is 0 Å². The first kappa shape index (κ1) is 20.5. The average Bonchev–Trinajstić information content (AvgIpc) is 2.49. The molecule has 0 saturated heterocycles. The molecule has 3 rings (SSSR count). The van der Waals surface area contributed by atoms with Crippen molar-refractivity contribution < 1.29 is 35.5 Å². The summed E-state index contributed by atoms with van der Waals surface area (Å²) in [4.78, 5) is 23.8. The standard InChI is InChI=1S/C14H8O8S2.K.H/c15-13-9-3-1-7(23(17,18)19)5-11(9)14(16)10-4-2-8(6-12(10)13)24(20,21)22;;/h1-6H,(H,17,18,19)(H,20,21,22);;. The minimum absolute atomic E-state index is 0. The molecule has 0 fully saturated rings. The second kappa shape index (κ2) is 6.76. The van der Waals surface area contributed by atoms with Gasteiger partial charge in [0.1, 0.15) is 0 Å². The summed E-state index contributed by atoms with van der Waals surface area (Å²) in [7, 11) is -9.11. The molecule has 0 heterocycles. The van der Waals surface area contributed by atoms with Crippen molar-refractivity contribution in [2.45, 2.75) is 9.79 Å². The Morgan fingerprint density at radius 2 is 0.920 bits per heavy atom. The van der Waals surface area contributed by atoms with Crippen molar-refractivity contribution in [3.8, 4) is 0 Å². The fourth-order valence-corrected chi connectivity index (χ4v) is 3.44. The van der Waals surface area contributed by atoms with E-state index >= 15 is 0 Å². The number of ketones is 2. The third-order valence-corrected chi connectivity index (χ3v) is 5.26. The molecule has 0 spiro atoms. The first-order chi connectivity index (χ1) is 11.0. The molecule has 25 heavy (non-hydrogen) atoms. The van der Waals surface area contributed by atoms with Crippen LogP contribution >= 0.6 is 0 Å². The molecule has 0 unspecified atom stereocenters. The molecule has 8 nitrogen and oxygen atoms in total. The number of rotatable bonds is 2. The molecule has 0 saturated carbocycles. The van der Waals surface area contributed by atoms with Crippen molar-refractivity contribution in [2.75, 3.05) is 0 Å². The molecule has 1 aliphatic carbocycles. The quantitative estimate of drug-likeness (QED) is 0.455. The molecule has 1 aliphatic rings. The third-order valence-electron chi connectivity index (χ3n) is 3.56. The van der Waals surface area contributed by atoms with Crippen LogP contribution in [-0.4, -0.2) is 88.9 Å². The minimum atomic E-state index is -4.56. The van der Waals surface area contributed by atoms with Gasteiger partial charge < -0.3 is 0 Å². The molecular formula is C14H9KO8S2. The number of hydrogen-bond acceptors (Lipinski definition) is 6. The number of carbonyl (C=O) groups is 2. The third kappa shape index (κ3) is 3.70. The maximum absolute atomic E-state index is 12.5. The van der Waals surface area contributed by atoms with Crippen LogP contribution in [0.4, 0.5) is 0 Å². The molecule has 0 aromatic heterocycles. The van der Waals surface area contributed by atoms with Gasteiger partial charge in [0.05, 0.1) is 9.79 Å². The molecule has 0 radical (unpaired) electrons. The van der Waals surface area contributed by atoms with Crippen LogP contribution in [0.5, 0.6) is 0 Å². The van der Waals surface area contributed by atoms with Crippen molar-refractivity contribution in [2.24, 2.45) is 0 Å². The van der Waals surface area contributed by atoms with Gasteiger partial charge in [0, 0.05) is 22.3 Å². The van der Waals surface area contributed by atoms with Gasteiger partial charge in [-0.2, -0.15) is 16.8 Å². The van der Waals surface area contributed by atoms with Gasteiger partial charge in [-0.15, -0.1) is 0 Å². The van der Waals surface area contributed by atoms with Crippen molar-refractivity contribution in [3.05, 3.63) is 58.7 Å². The topological polar surface area (TPSA) is 143 Å². The molecule has 11 heteroatoms. The zero-order chi connectivity index (χ0) is 17.9. The molecular weight excluding hydrogens is 399 g/mol. The number of benzene rings is 2. The maximum atomic E-state index is 12.5. The summed E-state index contributed by atoms with van der Waals surface area (Å²) < 4.78 is 62.8. The number of fused-ring (bicyclic) bond motifs is 2. The first-order valence-electron chi connectivity index (χ1n) is 6.32. The second-order valence-corrected chi connectivity index (χ2v) is 7.87. The van der Waals surface area contributed by atoms with Crippen LogP contribution < -0.4 is 0 Å². The predicted octanol–water partition coefficient (Wildman–Crippen LogP) is 0.307. The predicted molar refractivity (Wildman–Crippen MR) is 86.5 cm³/mol. The van der Waals surface area contributed by atoms with E-state index in [-0.39, 0.29) is 73.6 Å². The van der Waals surface area contributed by atoms with E-state index in [4.69, 9.17) is 9.11 Å². The fraction of sp³-hybridized carbons (Fsp3) is 0. The molecule has 0 atom stereocenters. The summed E-state index contributed by atoms with van der Waals surface area (Å²) in [5, 5.41) is 0. The molecule has 0 aliphatic heterocycles. The van der Waals surface area contributed by atoms with E-state index in [0.29, 0.717) is 0 Å². The van der Waals surface area contributed by atoms with Crippen molar-refractivity contribution in [1.82, 2.24) is 0 Å². The van der Waals surface area contributed by atoms with E-state index < -0.39 is 41.6 Å². The summed E-state index contributed by atoms with van der Waals surface area (Å²) in [6.07, 6.45) is 0. The Labute approximate surface area is 185 Å². The van der Waals surface area contributed by atoms with Crippen LogP contribution in [0.2, 0.25) is 0 Å². The molecule has 2 aromatic carbocycles. The Bertz CT molecular complexity index is 1040. The summed E-state index contributed by atoms with van der Waals surface area (Å²) in [5.41, 5.74) is -0.704. The Hall–Kier alpha value is -0.764. The van der Waals surface area contributed by atoms with E-state index in [2.05, 4.69) is 0 Å². The SMILES string of the molecule is O=C1c2ccc(S(=O)(=O)O)cc2C(=O)c2ccc(S(=O)(=O)O)cc21.[KH]. The van der Waals surface area contributed by atoms with Gasteiger partial charge >= 0.3 is 51.4 Å². The van der Waals surface area contributed by atoms with E-state index in [1.807, 2.05) is 0 Å². The van der Waals surface area contributed by atoms with Crippen LogP contribution in [0.15, 0.2) is 46.2 Å². The van der Waals surface area contributed by atoms with E-state index in [1.165, 1.54) is 0 Å². The zero-order valence-electron chi connectivity index (χ0n) is 11.6. The monoisotopic (exact) mass is 408 g/mol. The van der Waals surface area contributed by atoms with E-state index in [9.17, 15) is 26.4 Å². The number of carbonyl (C=O) groups excluding carboxylic acids is 2. The van der Waals surface area contributed by atoms with Gasteiger partial charge in [-0.05, 0) is 36.4 Å². The average molecular weight is 408 g/mol. The van der Waals surface area contributed by atoms with Gasteiger partial charge in [0.15, 0.2) is 11.6 Å². The summed E-state index contributed by atoms with van der Waals surface area (Å²) in [5.74, 6) is -1.40. The van der Waals surface area contributed by atoms with Crippen molar-refractivity contribution in [1.29, 1.82) is 0 Å². The first-order valence-corrected chi connectivity index (χ1v) is 9.20. The van der Waals surface area contributed by atoms with Crippen molar-refractivity contribution in [3.63, 3.8) is 0 Å². The summed E-state index contributed by atoms with van der Waals surface area (Å²) >= 11 is 0. The van der Waals surface area contributed by atoms with Crippen LogP contribution in [0.25, 0.3) is 0 Å². The van der Waals surface area contributed by atoms with Gasteiger partial charge in [-0.1, -0.05) is 0 Å². The zero-order valence-corrected chi connectivity index (χ0v) is 13.3. The Balaban J connectivity index is 0.00000225. The molecule has 0 amide bonds. The van der Waals surface area contributed by atoms with Gasteiger partial charge in [0.2, 0.25) is 0 Å².